The second kappa shape index (κ2) is 9.17. The molecule has 0 spiro atoms. The lowest BCUT2D eigenvalue weighted by atomic mass is 10.1. The molecule has 156 valence electrons. The first kappa shape index (κ1) is 21.0. The molecule has 0 aliphatic carbocycles. The Morgan fingerprint density at radius 1 is 1.31 bits per heavy atom. The summed E-state index contributed by atoms with van der Waals surface area (Å²) >= 11 is 0. The van der Waals surface area contributed by atoms with Gasteiger partial charge < -0.3 is 25.6 Å². The maximum atomic E-state index is 12.1. The molecule has 0 radical (unpaired) electrons. The Kier molecular flexibility index (Phi) is 6.64. The van der Waals surface area contributed by atoms with Gasteiger partial charge >= 0.3 is 0 Å². The van der Waals surface area contributed by atoms with E-state index in [1.54, 1.807) is 14.0 Å². The number of imidazole rings is 1. The number of carbonyl (C=O) groups is 1. The summed E-state index contributed by atoms with van der Waals surface area (Å²) in [6, 6.07) is 0. The third-order valence-corrected chi connectivity index (χ3v) is 4.64. The average molecular weight is 402 g/mol. The molecule has 2 aromatic rings. The Balaban J connectivity index is 1.97. The Bertz CT molecular complexity index is 934. The predicted molar refractivity (Wildman–Crippen MR) is 106 cm³/mol. The highest BCUT2D eigenvalue weighted by Gasteiger charge is 2.47. The van der Waals surface area contributed by atoms with E-state index in [9.17, 15) is 15.0 Å². The van der Waals surface area contributed by atoms with E-state index >= 15 is 0 Å². The number of hydrogen-bond donors (Lipinski definition) is 4. The second-order valence-electron chi connectivity index (χ2n) is 6.70. The van der Waals surface area contributed by atoms with Crippen LogP contribution in [0.1, 0.15) is 45.2 Å². The molecule has 4 N–H and O–H groups in total. The molecule has 1 aliphatic rings. The van der Waals surface area contributed by atoms with Gasteiger partial charge in [0.1, 0.15) is 12.2 Å². The first-order valence-electron chi connectivity index (χ1n) is 9.72. The lowest BCUT2D eigenvalue weighted by Gasteiger charge is -2.16. The largest absolute Gasteiger partial charge is 0.387 e. The van der Waals surface area contributed by atoms with Gasteiger partial charge in [0, 0.05) is 20.0 Å². The van der Waals surface area contributed by atoms with Crippen molar-refractivity contribution in [2.24, 2.45) is 0 Å². The summed E-state index contributed by atoms with van der Waals surface area (Å²) in [6.07, 6.45) is -0.682. The number of unbranched alkanes of at least 4 members (excludes halogenated alkanes) is 2. The van der Waals surface area contributed by atoms with E-state index in [4.69, 9.17) is 4.74 Å². The van der Waals surface area contributed by atoms with E-state index in [0.29, 0.717) is 29.4 Å². The predicted octanol–water partition coefficient (Wildman–Crippen LogP) is 0.165. The fourth-order valence-corrected chi connectivity index (χ4v) is 3.12. The topological polar surface area (TPSA) is 134 Å². The molecule has 1 amide bonds. The van der Waals surface area contributed by atoms with Gasteiger partial charge in [-0.25, -0.2) is 15.0 Å². The summed E-state index contributed by atoms with van der Waals surface area (Å²) in [6.45, 7) is 4.24. The molecule has 2 aromatic heterocycles. The van der Waals surface area contributed by atoms with Crippen LogP contribution in [0.15, 0.2) is 6.33 Å². The molecule has 2 unspecified atom stereocenters. The van der Waals surface area contributed by atoms with Crippen LogP contribution in [-0.4, -0.2) is 67.5 Å². The number of aliphatic hydroxyl groups excluding tert-OH is 2. The number of anilines is 1. The highest BCUT2D eigenvalue weighted by molar-refractivity contribution is 5.84. The van der Waals surface area contributed by atoms with Gasteiger partial charge in [-0.15, -0.1) is 0 Å². The van der Waals surface area contributed by atoms with Crippen LogP contribution in [0.4, 0.5) is 5.82 Å². The highest BCUT2D eigenvalue weighted by atomic mass is 16.6. The maximum absolute atomic E-state index is 12.1. The summed E-state index contributed by atoms with van der Waals surface area (Å²) in [5.74, 6) is 6.31. The van der Waals surface area contributed by atoms with Crippen LogP contribution in [0, 0.1) is 11.8 Å². The fraction of sp³-hybridized carbons (Fsp3) is 0.579. The number of likely N-dealkylation sites (N-methyl/N-ethyl adjacent to an activating group) is 1. The van der Waals surface area contributed by atoms with E-state index in [0.717, 1.165) is 19.3 Å². The minimum absolute atomic E-state index is 0.313. The third kappa shape index (κ3) is 4.17. The molecular formula is C19H26N6O4. The average Bonchev–Trinajstić information content (AvgIpc) is 3.26. The minimum Gasteiger partial charge on any atom is -0.387 e. The van der Waals surface area contributed by atoms with E-state index in [-0.39, 0.29) is 0 Å². The Morgan fingerprint density at radius 3 is 2.79 bits per heavy atom. The van der Waals surface area contributed by atoms with Crippen molar-refractivity contribution in [3.8, 4) is 11.8 Å². The molecule has 10 heteroatoms. The SMILES string of the molecule is CCCCC#Cc1nc(NC)c2ncn([C@@H]3O[C@H](C(=O)NCC)C(O)C3O)c2n1. The smallest absolute Gasteiger partial charge is 0.252 e. The zero-order chi connectivity index (χ0) is 21.0. The number of carbonyl (C=O) groups excluding carboxylic acids is 1. The van der Waals surface area contributed by atoms with Gasteiger partial charge in [0.2, 0.25) is 5.82 Å². The van der Waals surface area contributed by atoms with E-state index in [1.807, 2.05) is 0 Å². The number of nitrogens with one attached hydrogen (secondary N) is 2. The van der Waals surface area contributed by atoms with Crippen molar-refractivity contribution in [3.05, 3.63) is 12.2 Å². The Morgan fingerprint density at radius 2 is 2.10 bits per heavy atom. The van der Waals surface area contributed by atoms with Crippen LogP contribution in [-0.2, 0) is 9.53 Å². The van der Waals surface area contributed by atoms with Gasteiger partial charge in [-0.3, -0.25) is 9.36 Å². The van der Waals surface area contributed by atoms with Crippen LogP contribution >= 0.6 is 0 Å². The number of ether oxygens (including phenoxy) is 1. The van der Waals surface area contributed by atoms with Gasteiger partial charge in [-0.05, 0) is 19.3 Å². The number of rotatable bonds is 6. The van der Waals surface area contributed by atoms with Crippen molar-refractivity contribution in [1.82, 2.24) is 24.8 Å². The standard InChI is InChI=1S/C19H26N6O4/c1-4-6-7-8-9-11-23-16(20-3)12-17(24-11)25(10-22-12)19-14(27)13(26)15(29-19)18(28)21-5-2/h10,13-15,19,26-27H,4-7H2,1-3H3,(H,21,28)(H,20,23,24)/t13?,14?,15-,19+/m0/s1. The molecule has 1 fully saturated rings. The molecular weight excluding hydrogens is 376 g/mol. The zero-order valence-corrected chi connectivity index (χ0v) is 16.7. The zero-order valence-electron chi connectivity index (χ0n) is 16.7. The van der Waals surface area contributed by atoms with Crippen LogP contribution in [0.5, 0.6) is 0 Å². The number of amides is 1. The van der Waals surface area contributed by atoms with Crippen LogP contribution < -0.4 is 10.6 Å². The van der Waals surface area contributed by atoms with E-state index in [1.165, 1.54) is 10.9 Å². The van der Waals surface area contributed by atoms with Gasteiger partial charge in [0.15, 0.2) is 29.3 Å². The van der Waals surface area contributed by atoms with Crippen molar-refractivity contribution in [2.75, 3.05) is 18.9 Å². The van der Waals surface area contributed by atoms with Crippen molar-refractivity contribution in [1.29, 1.82) is 0 Å². The van der Waals surface area contributed by atoms with Gasteiger partial charge in [-0.1, -0.05) is 19.3 Å². The summed E-state index contributed by atoms with van der Waals surface area (Å²) in [4.78, 5) is 25.2. The second-order valence-corrected chi connectivity index (χ2v) is 6.70. The van der Waals surface area contributed by atoms with Crippen molar-refractivity contribution in [3.63, 3.8) is 0 Å². The first-order chi connectivity index (χ1) is 14.0. The molecule has 0 bridgehead atoms. The first-order valence-corrected chi connectivity index (χ1v) is 9.72. The van der Waals surface area contributed by atoms with Crippen LogP contribution in [0.3, 0.4) is 0 Å². The summed E-state index contributed by atoms with van der Waals surface area (Å²) in [5, 5.41) is 26.3. The molecule has 0 saturated carbocycles. The highest BCUT2D eigenvalue weighted by Crippen LogP contribution is 2.32. The van der Waals surface area contributed by atoms with Gasteiger partial charge in [-0.2, -0.15) is 0 Å². The molecule has 1 aliphatic heterocycles. The number of nitrogens with zero attached hydrogens (tertiary/aromatic N) is 4. The summed E-state index contributed by atoms with van der Waals surface area (Å²) in [7, 11) is 1.71. The Hall–Kier alpha value is -2.74. The summed E-state index contributed by atoms with van der Waals surface area (Å²) < 4.78 is 7.16. The van der Waals surface area contributed by atoms with E-state index < -0.39 is 30.4 Å². The third-order valence-electron chi connectivity index (χ3n) is 4.64. The number of aromatic nitrogens is 4. The van der Waals surface area contributed by atoms with Crippen molar-refractivity contribution >= 4 is 22.9 Å². The minimum atomic E-state index is -1.37. The van der Waals surface area contributed by atoms with E-state index in [2.05, 4.69) is 44.4 Å². The normalized spacial score (nSPS) is 23.6. The Labute approximate surface area is 168 Å². The van der Waals surface area contributed by atoms with Crippen LogP contribution in [0.2, 0.25) is 0 Å². The van der Waals surface area contributed by atoms with Crippen LogP contribution in [0.25, 0.3) is 11.2 Å². The lowest BCUT2D eigenvalue weighted by molar-refractivity contribution is -0.137. The molecule has 10 nitrogen and oxygen atoms in total. The number of hydrogen-bond acceptors (Lipinski definition) is 8. The molecule has 3 heterocycles. The van der Waals surface area contributed by atoms with Gasteiger partial charge in [0.05, 0.1) is 6.33 Å². The monoisotopic (exact) mass is 402 g/mol. The fourth-order valence-electron chi connectivity index (χ4n) is 3.12. The quantitative estimate of drug-likeness (QED) is 0.397. The molecule has 1 saturated heterocycles. The molecule has 4 atom stereocenters. The number of aliphatic hydroxyl groups is 2. The van der Waals surface area contributed by atoms with Crippen molar-refractivity contribution < 1.29 is 19.7 Å². The number of fused-ring (bicyclic) bond motifs is 1. The van der Waals surface area contributed by atoms with Crippen molar-refractivity contribution in [2.45, 2.75) is 57.6 Å². The lowest BCUT2D eigenvalue weighted by Crippen LogP contribution is -2.42. The molecule has 0 aromatic carbocycles. The van der Waals surface area contributed by atoms with Gasteiger partial charge in [0.25, 0.3) is 5.91 Å². The molecule has 29 heavy (non-hydrogen) atoms. The molecule has 3 rings (SSSR count). The maximum Gasteiger partial charge on any atom is 0.252 e. The summed E-state index contributed by atoms with van der Waals surface area (Å²) in [5.41, 5.74) is 0.857.